The minimum absolute atomic E-state index is 0.0210. The van der Waals surface area contributed by atoms with Crippen LogP contribution >= 0.6 is 0 Å². The Bertz CT molecular complexity index is 1220. The molecular formula is C22H24F2N6O2S. The van der Waals surface area contributed by atoms with Gasteiger partial charge < -0.3 is 16.0 Å². The topological polar surface area (TPSA) is 99.3 Å². The van der Waals surface area contributed by atoms with E-state index in [0.717, 1.165) is 38.1 Å². The molecule has 0 bridgehead atoms. The van der Waals surface area contributed by atoms with Crippen LogP contribution in [0.1, 0.15) is 12.8 Å². The summed E-state index contributed by atoms with van der Waals surface area (Å²) in [4.78, 5) is 8.65. The van der Waals surface area contributed by atoms with Crippen molar-refractivity contribution in [3.63, 3.8) is 0 Å². The molecule has 33 heavy (non-hydrogen) atoms. The fraction of sp³-hybridized carbons (Fsp3) is 0.273. The van der Waals surface area contributed by atoms with Gasteiger partial charge in [0.15, 0.2) is 11.6 Å². The number of halogens is 2. The van der Waals surface area contributed by atoms with E-state index in [4.69, 9.17) is 0 Å². The summed E-state index contributed by atoms with van der Waals surface area (Å²) in [6, 6.07) is 11.4. The number of aromatic nitrogens is 2. The molecule has 2 aromatic carbocycles. The van der Waals surface area contributed by atoms with Gasteiger partial charge >= 0.3 is 0 Å². The molecule has 1 fully saturated rings. The maximum absolute atomic E-state index is 13.4. The second-order valence-electron chi connectivity index (χ2n) is 7.67. The van der Waals surface area contributed by atoms with Crippen LogP contribution in [-0.4, -0.2) is 48.9 Å². The molecule has 0 unspecified atom stereocenters. The maximum atomic E-state index is 13.4. The second-order valence-corrected chi connectivity index (χ2v) is 9.67. The predicted molar refractivity (Wildman–Crippen MR) is 122 cm³/mol. The van der Waals surface area contributed by atoms with E-state index in [1.165, 1.54) is 16.6 Å². The van der Waals surface area contributed by atoms with Gasteiger partial charge in [0.2, 0.25) is 16.0 Å². The predicted octanol–water partition coefficient (Wildman–Crippen LogP) is 3.61. The lowest BCUT2D eigenvalue weighted by atomic mass is 10.1. The van der Waals surface area contributed by atoms with Crippen molar-refractivity contribution < 1.29 is 17.2 Å². The van der Waals surface area contributed by atoms with Crippen molar-refractivity contribution in [2.45, 2.75) is 23.8 Å². The second kappa shape index (κ2) is 9.77. The number of hydrogen-bond donors (Lipinski definition) is 3. The average Bonchev–Trinajstić information content (AvgIpc) is 2.82. The zero-order chi connectivity index (χ0) is 23.4. The highest BCUT2D eigenvalue weighted by atomic mass is 32.2. The minimum Gasteiger partial charge on any atom is -0.340 e. The van der Waals surface area contributed by atoms with E-state index in [9.17, 15) is 17.2 Å². The van der Waals surface area contributed by atoms with E-state index in [0.29, 0.717) is 17.2 Å². The van der Waals surface area contributed by atoms with Crippen LogP contribution in [0.5, 0.6) is 0 Å². The highest BCUT2D eigenvalue weighted by molar-refractivity contribution is 7.89. The fourth-order valence-electron chi connectivity index (χ4n) is 3.58. The molecule has 0 aliphatic carbocycles. The van der Waals surface area contributed by atoms with E-state index in [2.05, 4.69) is 25.9 Å². The summed E-state index contributed by atoms with van der Waals surface area (Å²) >= 11 is 0. The third kappa shape index (κ3) is 5.44. The lowest BCUT2D eigenvalue weighted by Crippen LogP contribution is -2.43. The van der Waals surface area contributed by atoms with E-state index < -0.39 is 21.7 Å². The Kier molecular flexibility index (Phi) is 6.82. The monoisotopic (exact) mass is 474 g/mol. The van der Waals surface area contributed by atoms with Crippen LogP contribution in [0.25, 0.3) is 0 Å². The van der Waals surface area contributed by atoms with Crippen LogP contribution in [0.2, 0.25) is 0 Å². The number of piperidine rings is 1. The van der Waals surface area contributed by atoms with Crippen LogP contribution in [0.4, 0.5) is 31.9 Å². The molecule has 174 valence electrons. The number of anilines is 4. The van der Waals surface area contributed by atoms with Crippen molar-refractivity contribution >= 4 is 33.2 Å². The molecule has 11 heteroatoms. The van der Waals surface area contributed by atoms with Crippen molar-refractivity contribution in [1.82, 2.24) is 19.6 Å². The zero-order valence-corrected chi connectivity index (χ0v) is 18.7. The Morgan fingerprint density at radius 3 is 2.36 bits per heavy atom. The van der Waals surface area contributed by atoms with Gasteiger partial charge in [0, 0.05) is 36.7 Å². The number of nitrogens with one attached hydrogen (secondary N) is 3. The van der Waals surface area contributed by atoms with Crippen LogP contribution in [0.15, 0.2) is 59.6 Å². The van der Waals surface area contributed by atoms with Crippen molar-refractivity contribution in [2.24, 2.45) is 0 Å². The van der Waals surface area contributed by atoms with Crippen LogP contribution in [-0.2, 0) is 10.0 Å². The molecule has 8 nitrogen and oxygen atoms in total. The molecule has 0 atom stereocenters. The quantitative estimate of drug-likeness (QED) is 0.481. The molecule has 0 amide bonds. The Hall–Kier alpha value is -3.15. The maximum Gasteiger partial charge on any atom is 0.243 e. The lowest BCUT2D eigenvalue weighted by molar-refractivity contribution is 0.296. The first-order valence-electron chi connectivity index (χ1n) is 10.4. The molecule has 4 rings (SSSR count). The number of hydrogen-bond acceptors (Lipinski definition) is 7. The van der Waals surface area contributed by atoms with E-state index in [-0.39, 0.29) is 16.9 Å². The van der Waals surface area contributed by atoms with Gasteiger partial charge in [-0.3, -0.25) is 0 Å². The summed E-state index contributed by atoms with van der Waals surface area (Å²) in [7, 11) is -1.98. The van der Waals surface area contributed by atoms with Gasteiger partial charge in [-0.05, 0) is 68.4 Å². The van der Waals surface area contributed by atoms with Gasteiger partial charge in [0.25, 0.3) is 0 Å². The summed E-state index contributed by atoms with van der Waals surface area (Å²) in [5.74, 6) is -1.27. The lowest BCUT2D eigenvalue weighted by Gasteiger charge is -2.30. The van der Waals surface area contributed by atoms with Gasteiger partial charge in [-0.2, -0.15) is 9.29 Å². The SMILES string of the molecule is CN(C1CCNCC1)S(=O)(=O)c1ccc(Nc2nccc(Nc3ccc(F)c(F)c3)n2)cc1. The minimum atomic E-state index is -3.60. The molecule has 1 aliphatic heterocycles. The molecular weight excluding hydrogens is 450 g/mol. The molecule has 1 aliphatic rings. The van der Waals surface area contributed by atoms with Crippen LogP contribution in [0.3, 0.4) is 0 Å². The van der Waals surface area contributed by atoms with Gasteiger partial charge in [0.05, 0.1) is 4.90 Å². The van der Waals surface area contributed by atoms with Crippen molar-refractivity contribution in [3.05, 3.63) is 66.4 Å². The Morgan fingerprint density at radius 1 is 0.970 bits per heavy atom. The van der Waals surface area contributed by atoms with Gasteiger partial charge in [-0.15, -0.1) is 0 Å². The first kappa shape index (κ1) is 23.0. The fourth-order valence-corrected chi connectivity index (χ4v) is 5.00. The summed E-state index contributed by atoms with van der Waals surface area (Å²) in [5.41, 5.74) is 0.939. The van der Waals surface area contributed by atoms with Crippen LogP contribution < -0.4 is 16.0 Å². The largest absolute Gasteiger partial charge is 0.340 e. The van der Waals surface area contributed by atoms with Gasteiger partial charge in [-0.1, -0.05) is 0 Å². The van der Waals surface area contributed by atoms with Crippen molar-refractivity contribution in [2.75, 3.05) is 30.8 Å². The highest BCUT2D eigenvalue weighted by Gasteiger charge is 2.28. The first-order chi connectivity index (χ1) is 15.8. The average molecular weight is 475 g/mol. The number of nitrogens with zero attached hydrogens (tertiary/aromatic N) is 3. The smallest absolute Gasteiger partial charge is 0.243 e. The molecule has 0 spiro atoms. The summed E-state index contributed by atoms with van der Waals surface area (Å²) in [6.07, 6.45) is 3.06. The Balaban J connectivity index is 1.44. The number of sulfonamides is 1. The molecule has 1 saturated heterocycles. The van der Waals surface area contributed by atoms with Gasteiger partial charge in [-0.25, -0.2) is 22.2 Å². The summed E-state index contributed by atoms with van der Waals surface area (Å²) in [6.45, 7) is 1.61. The van der Waals surface area contributed by atoms with E-state index in [1.54, 1.807) is 37.4 Å². The third-order valence-corrected chi connectivity index (χ3v) is 7.38. The highest BCUT2D eigenvalue weighted by Crippen LogP contribution is 2.24. The van der Waals surface area contributed by atoms with Crippen molar-refractivity contribution in [1.29, 1.82) is 0 Å². The van der Waals surface area contributed by atoms with Crippen molar-refractivity contribution in [3.8, 4) is 0 Å². The summed E-state index contributed by atoms with van der Waals surface area (Å²) in [5, 5.41) is 9.13. The standard InChI is InChI=1S/C22H24F2N6O2S/c1-30(17-8-11-25-12-9-17)33(31,32)18-5-2-15(3-6-18)28-22-26-13-10-21(29-22)27-16-4-7-19(23)20(24)14-16/h2-7,10,13-14,17,25H,8-9,11-12H2,1H3,(H2,26,27,28,29). The molecule has 3 N–H and O–H groups in total. The molecule has 0 saturated carbocycles. The molecule has 3 aromatic rings. The normalized spacial score (nSPS) is 14.9. The third-order valence-electron chi connectivity index (χ3n) is 5.46. The molecule has 2 heterocycles. The Morgan fingerprint density at radius 2 is 1.67 bits per heavy atom. The van der Waals surface area contributed by atoms with Gasteiger partial charge in [0.1, 0.15) is 5.82 Å². The Labute approximate surface area is 191 Å². The number of rotatable bonds is 7. The summed E-state index contributed by atoms with van der Waals surface area (Å²) < 4.78 is 53.9. The van der Waals surface area contributed by atoms with Crippen LogP contribution in [0, 0.1) is 11.6 Å². The molecule has 1 aromatic heterocycles. The van der Waals surface area contributed by atoms with E-state index >= 15 is 0 Å². The molecule has 0 radical (unpaired) electrons. The van der Waals surface area contributed by atoms with E-state index in [1.807, 2.05) is 0 Å². The first-order valence-corrected chi connectivity index (χ1v) is 11.9. The number of benzene rings is 2. The zero-order valence-electron chi connectivity index (χ0n) is 17.9.